The minimum atomic E-state index is -0.615. The van der Waals surface area contributed by atoms with E-state index in [0.717, 1.165) is 58.0 Å². The quantitative estimate of drug-likeness (QED) is 0.323. The first-order chi connectivity index (χ1) is 17.4. The average Bonchev–Trinajstić information content (AvgIpc) is 3.22. The zero-order chi connectivity index (χ0) is 27.0. The van der Waals surface area contributed by atoms with E-state index in [2.05, 4.69) is 45.1 Å². The highest BCUT2D eigenvalue weighted by atomic mass is 16.5. The van der Waals surface area contributed by atoms with Gasteiger partial charge in [0, 0.05) is 24.8 Å². The minimum absolute atomic E-state index is 0.145. The number of nitrogens with zero attached hydrogens (tertiary/aromatic N) is 1. The van der Waals surface area contributed by atoms with Gasteiger partial charge in [0.15, 0.2) is 0 Å². The summed E-state index contributed by atoms with van der Waals surface area (Å²) in [5, 5.41) is 15.0. The molecule has 0 amide bonds. The Bertz CT molecular complexity index is 832. The molecule has 4 saturated carbocycles. The number of hydrogen-bond donors (Lipinski definition) is 2. The highest BCUT2D eigenvalue weighted by Gasteiger charge is 2.64. The van der Waals surface area contributed by atoms with Crippen molar-refractivity contribution < 1.29 is 19.4 Å². The van der Waals surface area contributed by atoms with Gasteiger partial charge in [-0.3, -0.25) is 9.59 Å². The van der Waals surface area contributed by atoms with E-state index in [1.54, 1.807) is 0 Å². The molecule has 9 atom stereocenters. The molecule has 4 aliphatic carbocycles. The second kappa shape index (κ2) is 11.3. The standard InChI is InChI=1S/C31H54N2O4/c1-21(8-13-28(35)37-6)24-11-12-25-23-10-9-22-19-31(36,20-32-16-7-17-33(4)5)15-14-29(22,2)26(23)18-27(34)30(24,25)3/h21-26,32,36H,7-20H2,1-6H3/t21-,22-,23+,24-,25+,26+,29+,30-,31+/m1/s1. The summed E-state index contributed by atoms with van der Waals surface area (Å²) in [6.45, 7) is 9.68. The van der Waals surface area contributed by atoms with E-state index in [4.69, 9.17) is 4.74 Å². The van der Waals surface area contributed by atoms with Crippen LogP contribution in [0.5, 0.6) is 0 Å². The third kappa shape index (κ3) is 5.54. The van der Waals surface area contributed by atoms with E-state index in [0.29, 0.717) is 60.7 Å². The summed E-state index contributed by atoms with van der Waals surface area (Å²) in [6, 6.07) is 0. The van der Waals surface area contributed by atoms with Gasteiger partial charge in [-0.15, -0.1) is 0 Å². The van der Waals surface area contributed by atoms with Gasteiger partial charge in [0.2, 0.25) is 0 Å². The van der Waals surface area contributed by atoms with Gasteiger partial charge >= 0.3 is 5.97 Å². The van der Waals surface area contributed by atoms with Crippen LogP contribution in [0, 0.1) is 46.3 Å². The SMILES string of the molecule is COC(=O)CC[C@@H](C)[C@H]1CC[C@H]2[C@@H]3CC[C@@H]4C[C@](O)(CNCCCN(C)C)CC[C@]4(C)[C@H]3CC(=O)[C@]12C. The van der Waals surface area contributed by atoms with Crippen molar-refractivity contribution in [1.82, 2.24) is 10.2 Å². The third-order valence-electron chi connectivity index (χ3n) is 11.9. The average molecular weight is 519 g/mol. The summed E-state index contributed by atoms with van der Waals surface area (Å²) in [5.74, 6) is 3.12. The van der Waals surface area contributed by atoms with Crippen molar-refractivity contribution in [1.29, 1.82) is 0 Å². The first kappa shape index (κ1) is 29.0. The first-order valence-electron chi connectivity index (χ1n) is 15.1. The maximum Gasteiger partial charge on any atom is 0.305 e. The maximum atomic E-state index is 14.0. The normalized spacial score (nSPS) is 42.2. The fourth-order valence-corrected chi connectivity index (χ4v) is 9.62. The molecule has 6 heteroatoms. The number of carbonyl (C=O) groups is 2. The predicted octanol–water partition coefficient (Wildman–Crippen LogP) is 4.69. The molecule has 0 unspecified atom stereocenters. The lowest BCUT2D eigenvalue weighted by atomic mass is 9.43. The molecule has 0 heterocycles. The molecule has 4 rings (SSSR count). The Morgan fingerprint density at radius 1 is 1.16 bits per heavy atom. The van der Waals surface area contributed by atoms with Gasteiger partial charge in [0.05, 0.1) is 12.7 Å². The third-order valence-corrected chi connectivity index (χ3v) is 11.9. The van der Waals surface area contributed by atoms with Crippen LogP contribution >= 0.6 is 0 Å². The lowest BCUT2D eigenvalue weighted by Crippen LogP contribution is -2.59. The van der Waals surface area contributed by atoms with E-state index in [1.165, 1.54) is 20.0 Å². The van der Waals surface area contributed by atoms with Gasteiger partial charge in [0.25, 0.3) is 0 Å². The molecule has 0 aromatic rings. The second-order valence-corrected chi connectivity index (χ2v) is 14.1. The van der Waals surface area contributed by atoms with Gasteiger partial charge in [-0.1, -0.05) is 20.8 Å². The lowest BCUT2D eigenvalue weighted by molar-refractivity contribution is -0.167. The number of rotatable bonds is 10. The minimum Gasteiger partial charge on any atom is -0.469 e. The van der Waals surface area contributed by atoms with Crippen LogP contribution in [0.25, 0.3) is 0 Å². The molecule has 0 aromatic carbocycles. The molecular formula is C31H54N2O4. The van der Waals surface area contributed by atoms with Crippen LogP contribution in [0.2, 0.25) is 0 Å². The van der Waals surface area contributed by atoms with Crippen molar-refractivity contribution >= 4 is 11.8 Å². The van der Waals surface area contributed by atoms with Gasteiger partial charge in [0.1, 0.15) is 5.78 Å². The number of aliphatic hydroxyl groups is 1. The maximum absolute atomic E-state index is 14.0. The number of hydrogen-bond acceptors (Lipinski definition) is 6. The Morgan fingerprint density at radius 3 is 2.62 bits per heavy atom. The fraction of sp³-hybridized carbons (Fsp3) is 0.935. The number of fused-ring (bicyclic) bond motifs is 5. The van der Waals surface area contributed by atoms with Crippen molar-refractivity contribution in [2.24, 2.45) is 46.3 Å². The first-order valence-corrected chi connectivity index (χ1v) is 15.1. The van der Waals surface area contributed by atoms with E-state index in [-0.39, 0.29) is 16.8 Å². The Morgan fingerprint density at radius 2 is 1.92 bits per heavy atom. The number of carbonyl (C=O) groups excluding carboxylic acids is 2. The van der Waals surface area contributed by atoms with Crippen molar-refractivity contribution in [2.75, 3.05) is 40.8 Å². The van der Waals surface area contributed by atoms with Gasteiger partial charge < -0.3 is 20.1 Å². The smallest absolute Gasteiger partial charge is 0.305 e. The van der Waals surface area contributed by atoms with Gasteiger partial charge in [-0.05, 0) is 126 Å². The lowest BCUT2D eigenvalue weighted by Gasteiger charge is -2.61. The van der Waals surface area contributed by atoms with Crippen LogP contribution in [0.15, 0.2) is 0 Å². The predicted molar refractivity (Wildman–Crippen MR) is 147 cm³/mol. The van der Waals surface area contributed by atoms with E-state index in [1.807, 2.05) is 0 Å². The summed E-state index contributed by atoms with van der Waals surface area (Å²) in [7, 11) is 5.65. The number of Topliss-reactive ketones (excluding diaryl/α,β-unsaturated/α-hetero) is 1. The van der Waals surface area contributed by atoms with E-state index >= 15 is 0 Å². The molecule has 0 radical (unpaired) electrons. The Kier molecular flexibility index (Phi) is 8.82. The Labute approximate surface area is 225 Å². The largest absolute Gasteiger partial charge is 0.469 e. The number of methoxy groups -OCH3 is 1. The van der Waals surface area contributed by atoms with Crippen molar-refractivity contribution in [2.45, 2.75) is 97.0 Å². The Hall–Kier alpha value is -0.980. The highest BCUT2D eigenvalue weighted by molar-refractivity contribution is 5.87. The molecule has 0 bridgehead atoms. The van der Waals surface area contributed by atoms with Crippen LogP contribution in [-0.4, -0.2) is 68.2 Å². The van der Waals surface area contributed by atoms with Crippen LogP contribution in [0.3, 0.4) is 0 Å². The summed E-state index contributed by atoms with van der Waals surface area (Å²) >= 11 is 0. The molecule has 212 valence electrons. The topological polar surface area (TPSA) is 78.9 Å². The fourth-order valence-electron chi connectivity index (χ4n) is 9.62. The Balaban J connectivity index is 1.41. The van der Waals surface area contributed by atoms with E-state index in [9.17, 15) is 14.7 Å². The van der Waals surface area contributed by atoms with Crippen LogP contribution in [0.1, 0.15) is 91.4 Å². The summed E-state index contributed by atoms with van der Waals surface area (Å²) in [6.07, 6.45) is 10.5. The summed E-state index contributed by atoms with van der Waals surface area (Å²) in [5.41, 5.74) is -0.701. The second-order valence-electron chi connectivity index (χ2n) is 14.1. The molecule has 37 heavy (non-hydrogen) atoms. The number of ether oxygens (including phenoxy) is 1. The molecule has 4 aliphatic rings. The van der Waals surface area contributed by atoms with Crippen molar-refractivity contribution in [3.8, 4) is 0 Å². The zero-order valence-electron chi connectivity index (χ0n) is 24.5. The van der Waals surface area contributed by atoms with Gasteiger partial charge in [-0.2, -0.15) is 0 Å². The molecule has 2 N–H and O–H groups in total. The van der Waals surface area contributed by atoms with Crippen LogP contribution in [0.4, 0.5) is 0 Å². The van der Waals surface area contributed by atoms with Crippen LogP contribution < -0.4 is 5.32 Å². The molecule has 0 aromatic heterocycles. The van der Waals surface area contributed by atoms with Gasteiger partial charge in [-0.25, -0.2) is 0 Å². The monoisotopic (exact) mass is 518 g/mol. The molecule has 4 fully saturated rings. The number of ketones is 1. The van der Waals surface area contributed by atoms with Crippen LogP contribution in [-0.2, 0) is 14.3 Å². The summed E-state index contributed by atoms with van der Waals surface area (Å²) < 4.78 is 4.87. The number of esters is 1. The molecular weight excluding hydrogens is 464 g/mol. The van der Waals surface area contributed by atoms with Crippen molar-refractivity contribution in [3.05, 3.63) is 0 Å². The van der Waals surface area contributed by atoms with E-state index < -0.39 is 5.60 Å². The molecule has 0 spiro atoms. The zero-order valence-corrected chi connectivity index (χ0v) is 24.5. The van der Waals surface area contributed by atoms with Crippen molar-refractivity contribution in [3.63, 3.8) is 0 Å². The molecule has 0 saturated heterocycles. The molecule has 6 nitrogen and oxygen atoms in total. The highest BCUT2D eigenvalue weighted by Crippen LogP contribution is 2.67. The molecule has 0 aliphatic heterocycles. The summed E-state index contributed by atoms with van der Waals surface area (Å²) in [4.78, 5) is 28.0. The number of nitrogens with one attached hydrogen (secondary N) is 1.